The van der Waals surface area contributed by atoms with Gasteiger partial charge in [0, 0.05) is 13.5 Å². The molecule has 1 N–H and O–H groups in total. The monoisotopic (exact) mass is 155 g/mol. The van der Waals surface area contributed by atoms with Crippen molar-refractivity contribution in [2.24, 2.45) is 11.8 Å². The molecule has 1 amide bonds. The van der Waals surface area contributed by atoms with Crippen LogP contribution < -0.4 is 5.32 Å². The Labute approximate surface area is 68.4 Å². The summed E-state index contributed by atoms with van der Waals surface area (Å²) < 4.78 is 0. The number of hydrogen-bond acceptors (Lipinski definition) is 1. The predicted octanol–water partition coefficient (Wildman–Crippen LogP) is 1.56. The van der Waals surface area contributed by atoms with E-state index < -0.39 is 0 Å². The van der Waals surface area contributed by atoms with E-state index in [2.05, 4.69) is 12.2 Å². The molecule has 1 rings (SSSR count). The molecular weight excluding hydrogens is 138 g/mol. The smallest absolute Gasteiger partial charge is 0.216 e. The van der Waals surface area contributed by atoms with Gasteiger partial charge in [-0.05, 0) is 24.7 Å². The zero-order chi connectivity index (χ0) is 8.27. The summed E-state index contributed by atoms with van der Waals surface area (Å²) in [6.45, 7) is 4.71. The van der Waals surface area contributed by atoms with E-state index in [1.807, 2.05) is 0 Å². The molecule has 2 nitrogen and oxygen atoms in total. The number of hydrogen-bond donors (Lipinski definition) is 1. The van der Waals surface area contributed by atoms with Crippen molar-refractivity contribution in [3.8, 4) is 0 Å². The summed E-state index contributed by atoms with van der Waals surface area (Å²) in [5, 5.41) is 2.87. The van der Waals surface area contributed by atoms with Crippen LogP contribution in [0.2, 0.25) is 0 Å². The maximum Gasteiger partial charge on any atom is 0.216 e. The van der Waals surface area contributed by atoms with Gasteiger partial charge in [-0.2, -0.15) is 0 Å². The Balaban J connectivity index is 2.12. The Morgan fingerprint density at radius 1 is 1.45 bits per heavy atom. The number of carbonyl (C=O) groups is 1. The van der Waals surface area contributed by atoms with Gasteiger partial charge in [0.15, 0.2) is 0 Å². The Morgan fingerprint density at radius 3 is 2.45 bits per heavy atom. The van der Waals surface area contributed by atoms with Gasteiger partial charge in [-0.25, -0.2) is 0 Å². The van der Waals surface area contributed by atoms with E-state index >= 15 is 0 Å². The van der Waals surface area contributed by atoms with Gasteiger partial charge in [0.1, 0.15) is 0 Å². The fourth-order valence-corrected chi connectivity index (χ4v) is 1.72. The maximum atomic E-state index is 10.6. The summed E-state index contributed by atoms with van der Waals surface area (Å²) in [6.07, 6.45) is 3.93. The molecule has 1 aliphatic carbocycles. The van der Waals surface area contributed by atoms with Crippen molar-refractivity contribution in [1.29, 1.82) is 0 Å². The molecule has 1 fully saturated rings. The van der Waals surface area contributed by atoms with Crippen LogP contribution in [0.5, 0.6) is 0 Å². The quantitative estimate of drug-likeness (QED) is 0.658. The molecule has 2 heteroatoms. The predicted molar refractivity (Wildman–Crippen MR) is 45.2 cm³/mol. The molecule has 0 aromatic rings. The lowest BCUT2D eigenvalue weighted by atomic mass is 9.72. The fourth-order valence-electron chi connectivity index (χ4n) is 1.72. The number of amides is 1. The van der Waals surface area contributed by atoms with Gasteiger partial charge in [-0.1, -0.05) is 13.3 Å². The van der Waals surface area contributed by atoms with Crippen LogP contribution in [0.25, 0.3) is 0 Å². The van der Waals surface area contributed by atoms with Gasteiger partial charge in [-0.3, -0.25) is 4.79 Å². The summed E-state index contributed by atoms with van der Waals surface area (Å²) >= 11 is 0. The minimum absolute atomic E-state index is 0.103. The van der Waals surface area contributed by atoms with Crippen molar-refractivity contribution in [2.75, 3.05) is 6.54 Å². The maximum absolute atomic E-state index is 10.6. The summed E-state index contributed by atoms with van der Waals surface area (Å²) in [6, 6.07) is 0. The first-order chi connectivity index (χ1) is 5.24. The summed E-state index contributed by atoms with van der Waals surface area (Å²) in [7, 11) is 0. The third-order valence-electron chi connectivity index (χ3n) is 2.71. The lowest BCUT2D eigenvalue weighted by molar-refractivity contribution is -0.119. The van der Waals surface area contributed by atoms with Crippen LogP contribution >= 0.6 is 0 Å². The zero-order valence-corrected chi connectivity index (χ0v) is 7.39. The minimum Gasteiger partial charge on any atom is -0.356 e. The largest absolute Gasteiger partial charge is 0.356 e. The normalized spacial score (nSPS) is 29.3. The Hall–Kier alpha value is -0.530. The van der Waals surface area contributed by atoms with Crippen molar-refractivity contribution >= 4 is 5.91 Å². The van der Waals surface area contributed by atoms with Gasteiger partial charge in [0.05, 0.1) is 0 Å². The molecule has 11 heavy (non-hydrogen) atoms. The molecule has 0 saturated heterocycles. The van der Waals surface area contributed by atoms with E-state index in [-0.39, 0.29) is 5.91 Å². The van der Waals surface area contributed by atoms with E-state index in [0.29, 0.717) is 0 Å². The first kappa shape index (κ1) is 8.57. The third kappa shape index (κ3) is 2.21. The second kappa shape index (κ2) is 3.74. The number of nitrogens with one attached hydrogen (secondary N) is 1. The van der Waals surface area contributed by atoms with Gasteiger partial charge in [-0.15, -0.1) is 0 Å². The SMILES string of the molecule is CC[C@@H]1CCC1CNC(C)=O. The highest BCUT2D eigenvalue weighted by Gasteiger charge is 2.28. The molecule has 1 unspecified atom stereocenters. The van der Waals surface area contributed by atoms with Crippen molar-refractivity contribution in [2.45, 2.75) is 33.1 Å². The standard InChI is InChI=1S/C9H17NO/c1-3-8-4-5-9(8)6-10-7(2)11/h8-9H,3-6H2,1-2H3,(H,10,11)/t8-,9?/m1/s1. The fraction of sp³-hybridized carbons (Fsp3) is 0.889. The van der Waals surface area contributed by atoms with Crippen LogP contribution in [0.1, 0.15) is 33.1 Å². The molecule has 0 spiro atoms. The second-order valence-corrected chi connectivity index (χ2v) is 3.44. The lowest BCUT2D eigenvalue weighted by Crippen LogP contribution is -2.36. The average molecular weight is 155 g/mol. The molecule has 1 saturated carbocycles. The van der Waals surface area contributed by atoms with Crippen LogP contribution in [0.3, 0.4) is 0 Å². The number of carbonyl (C=O) groups excluding carboxylic acids is 1. The van der Waals surface area contributed by atoms with E-state index in [4.69, 9.17) is 0 Å². The second-order valence-electron chi connectivity index (χ2n) is 3.44. The minimum atomic E-state index is 0.103. The summed E-state index contributed by atoms with van der Waals surface area (Å²) in [5.74, 6) is 1.75. The van der Waals surface area contributed by atoms with Crippen molar-refractivity contribution < 1.29 is 4.79 Å². The Bertz CT molecular complexity index is 142. The lowest BCUT2D eigenvalue weighted by Gasteiger charge is -2.35. The topological polar surface area (TPSA) is 29.1 Å². The molecule has 2 atom stereocenters. The van der Waals surface area contributed by atoms with Gasteiger partial charge >= 0.3 is 0 Å². The molecule has 0 aliphatic heterocycles. The third-order valence-corrected chi connectivity index (χ3v) is 2.71. The number of rotatable bonds is 3. The van der Waals surface area contributed by atoms with Gasteiger partial charge in [0.2, 0.25) is 5.91 Å². The Kier molecular flexibility index (Phi) is 2.92. The van der Waals surface area contributed by atoms with Crippen LogP contribution in [-0.4, -0.2) is 12.5 Å². The van der Waals surface area contributed by atoms with Crippen molar-refractivity contribution in [1.82, 2.24) is 5.32 Å². The highest BCUT2D eigenvalue weighted by Crippen LogP contribution is 2.35. The van der Waals surface area contributed by atoms with Crippen LogP contribution in [0.15, 0.2) is 0 Å². The highest BCUT2D eigenvalue weighted by molar-refractivity contribution is 5.72. The van der Waals surface area contributed by atoms with Gasteiger partial charge in [0.25, 0.3) is 0 Å². The van der Waals surface area contributed by atoms with Crippen LogP contribution in [-0.2, 0) is 4.79 Å². The first-order valence-corrected chi connectivity index (χ1v) is 4.48. The first-order valence-electron chi connectivity index (χ1n) is 4.48. The molecule has 1 aliphatic rings. The van der Waals surface area contributed by atoms with Crippen molar-refractivity contribution in [3.63, 3.8) is 0 Å². The molecule has 0 aromatic carbocycles. The van der Waals surface area contributed by atoms with Crippen molar-refractivity contribution in [3.05, 3.63) is 0 Å². The molecule has 0 radical (unpaired) electrons. The Morgan fingerprint density at radius 2 is 2.09 bits per heavy atom. The molecule has 64 valence electrons. The van der Waals surface area contributed by atoms with Gasteiger partial charge < -0.3 is 5.32 Å². The summed E-state index contributed by atoms with van der Waals surface area (Å²) in [4.78, 5) is 10.6. The van der Waals surface area contributed by atoms with E-state index in [1.165, 1.54) is 19.3 Å². The van der Waals surface area contributed by atoms with Crippen LogP contribution in [0.4, 0.5) is 0 Å². The van der Waals surface area contributed by atoms with E-state index in [1.54, 1.807) is 6.92 Å². The average Bonchev–Trinajstić information content (AvgIpc) is 1.86. The van der Waals surface area contributed by atoms with Crippen LogP contribution in [0, 0.1) is 11.8 Å². The highest BCUT2D eigenvalue weighted by atomic mass is 16.1. The molecular formula is C9H17NO. The molecule has 0 aromatic heterocycles. The van der Waals surface area contributed by atoms with E-state index in [9.17, 15) is 4.79 Å². The molecule has 0 heterocycles. The summed E-state index contributed by atoms with van der Waals surface area (Å²) in [5.41, 5.74) is 0. The zero-order valence-electron chi connectivity index (χ0n) is 7.39. The molecule has 0 bridgehead atoms. The van der Waals surface area contributed by atoms with E-state index in [0.717, 1.165) is 18.4 Å².